The van der Waals surface area contributed by atoms with E-state index >= 15 is 0 Å². The number of carbonyl (C=O) groups excluding carboxylic acids is 1. The highest BCUT2D eigenvalue weighted by Gasteiger charge is 2.35. The number of H-pyrrole nitrogens is 1. The molecule has 0 radical (unpaired) electrons. The molecule has 0 aliphatic carbocycles. The van der Waals surface area contributed by atoms with E-state index in [9.17, 15) is 18.0 Å². The lowest BCUT2D eigenvalue weighted by molar-refractivity contribution is -0.141. The van der Waals surface area contributed by atoms with Gasteiger partial charge in [-0.1, -0.05) is 54.6 Å². The Kier molecular flexibility index (Phi) is 4.64. The van der Waals surface area contributed by atoms with Crippen LogP contribution < -0.4 is 5.32 Å². The molecule has 0 saturated carbocycles. The number of benzene rings is 2. The predicted molar refractivity (Wildman–Crippen MR) is 97.1 cm³/mol. The van der Waals surface area contributed by atoms with Crippen molar-refractivity contribution in [1.29, 1.82) is 0 Å². The van der Waals surface area contributed by atoms with E-state index in [1.165, 1.54) is 0 Å². The first-order valence-electron chi connectivity index (χ1n) is 8.71. The van der Waals surface area contributed by atoms with Gasteiger partial charge in [0, 0.05) is 19.2 Å². The van der Waals surface area contributed by atoms with Crippen molar-refractivity contribution in [3.8, 4) is 0 Å². The van der Waals surface area contributed by atoms with Crippen LogP contribution in [0.5, 0.6) is 0 Å². The molecule has 5 nitrogen and oxygen atoms in total. The number of hydrogen-bond donors (Lipinski definition) is 2. The minimum atomic E-state index is -4.55. The highest BCUT2D eigenvalue weighted by atomic mass is 19.4. The molecule has 1 atom stereocenters. The summed E-state index contributed by atoms with van der Waals surface area (Å²) in [5.74, 6) is -0.589. The number of fused-ring (bicyclic) bond motifs is 1. The highest BCUT2D eigenvalue weighted by molar-refractivity contribution is 5.94. The third-order valence-electron chi connectivity index (χ3n) is 4.73. The van der Waals surface area contributed by atoms with Gasteiger partial charge in [0.05, 0.1) is 0 Å². The summed E-state index contributed by atoms with van der Waals surface area (Å²) < 4.78 is 38.3. The first kappa shape index (κ1) is 18.2. The number of anilines is 1. The van der Waals surface area contributed by atoms with Crippen LogP contribution in [0.4, 0.5) is 19.0 Å². The number of halogens is 3. The van der Waals surface area contributed by atoms with E-state index in [1.807, 2.05) is 64.6 Å². The van der Waals surface area contributed by atoms with Crippen LogP contribution in [0.25, 0.3) is 0 Å². The number of nitrogens with one attached hydrogen (secondary N) is 2. The van der Waals surface area contributed by atoms with Gasteiger partial charge in [0.15, 0.2) is 5.82 Å². The summed E-state index contributed by atoms with van der Waals surface area (Å²) in [5, 5.41) is 7.99. The van der Waals surface area contributed by atoms with Gasteiger partial charge in [-0.3, -0.25) is 14.8 Å². The Labute approximate surface area is 159 Å². The summed E-state index contributed by atoms with van der Waals surface area (Å²) >= 11 is 0. The second-order valence-corrected chi connectivity index (χ2v) is 6.64. The number of aromatic amines is 1. The van der Waals surface area contributed by atoms with Gasteiger partial charge >= 0.3 is 6.18 Å². The summed E-state index contributed by atoms with van der Waals surface area (Å²) in [6.07, 6.45) is -4.55. The zero-order chi connectivity index (χ0) is 19.7. The van der Waals surface area contributed by atoms with Crippen LogP contribution in [0.3, 0.4) is 0 Å². The fraction of sp³-hybridized carbons (Fsp3) is 0.200. The lowest BCUT2D eigenvalue weighted by atomic mass is 10.0. The fourth-order valence-electron chi connectivity index (χ4n) is 3.43. The lowest BCUT2D eigenvalue weighted by Gasteiger charge is -2.26. The quantitative estimate of drug-likeness (QED) is 0.709. The van der Waals surface area contributed by atoms with Crippen molar-refractivity contribution >= 4 is 11.7 Å². The van der Waals surface area contributed by atoms with Crippen molar-refractivity contribution in [3.05, 3.63) is 83.0 Å². The average Bonchev–Trinajstić information content (AvgIpc) is 3.29. The van der Waals surface area contributed by atoms with E-state index in [-0.39, 0.29) is 5.82 Å². The third-order valence-corrected chi connectivity index (χ3v) is 4.73. The minimum absolute atomic E-state index is 0.157. The van der Waals surface area contributed by atoms with E-state index in [2.05, 4.69) is 10.4 Å². The molecule has 1 aliphatic heterocycles. The minimum Gasteiger partial charge on any atom is -0.308 e. The van der Waals surface area contributed by atoms with E-state index in [1.54, 1.807) is 0 Å². The molecule has 1 aliphatic rings. The molecule has 3 aromatic rings. The zero-order valence-corrected chi connectivity index (χ0v) is 14.7. The predicted octanol–water partition coefficient (Wildman–Crippen LogP) is 4.12. The largest absolute Gasteiger partial charge is 0.432 e. The molecule has 4 rings (SSSR count). The van der Waals surface area contributed by atoms with E-state index in [0.29, 0.717) is 13.1 Å². The molecule has 0 fully saturated rings. The van der Waals surface area contributed by atoms with Crippen molar-refractivity contribution in [2.75, 3.05) is 5.32 Å². The van der Waals surface area contributed by atoms with Crippen LogP contribution in [0.2, 0.25) is 0 Å². The molecule has 28 heavy (non-hydrogen) atoms. The summed E-state index contributed by atoms with van der Waals surface area (Å²) in [4.78, 5) is 15.0. The van der Waals surface area contributed by atoms with Crippen LogP contribution in [-0.4, -0.2) is 21.0 Å². The van der Waals surface area contributed by atoms with Gasteiger partial charge in [0.1, 0.15) is 11.7 Å². The molecule has 2 aromatic carbocycles. The van der Waals surface area contributed by atoms with Crippen molar-refractivity contribution in [2.45, 2.75) is 25.3 Å². The molecule has 8 heteroatoms. The zero-order valence-electron chi connectivity index (χ0n) is 14.7. The second-order valence-electron chi connectivity index (χ2n) is 6.64. The second kappa shape index (κ2) is 7.12. The van der Waals surface area contributed by atoms with Crippen LogP contribution >= 0.6 is 0 Å². The van der Waals surface area contributed by atoms with Gasteiger partial charge in [-0.05, 0) is 16.7 Å². The van der Waals surface area contributed by atoms with Gasteiger partial charge in [-0.2, -0.15) is 18.3 Å². The molecule has 1 amide bonds. The molecule has 1 aromatic heterocycles. The molecular formula is C20H17F3N4O. The molecule has 144 valence electrons. The number of hydrogen-bond acceptors (Lipinski definition) is 3. The van der Waals surface area contributed by atoms with E-state index in [0.717, 1.165) is 22.8 Å². The Morgan fingerprint density at radius 3 is 2.21 bits per heavy atom. The third kappa shape index (κ3) is 3.63. The molecule has 0 bridgehead atoms. The number of alkyl halides is 3. The number of aromatic nitrogens is 2. The Hall–Kier alpha value is -3.13. The maximum Gasteiger partial charge on any atom is 0.432 e. The molecule has 2 heterocycles. The number of carbonyl (C=O) groups is 1. The smallest absolute Gasteiger partial charge is 0.308 e. The summed E-state index contributed by atoms with van der Waals surface area (Å²) in [7, 11) is 0. The van der Waals surface area contributed by atoms with Crippen molar-refractivity contribution in [2.24, 2.45) is 0 Å². The lowest BCUT2D eigenvalue weighted by Crippen LogP contribution is -2.34. The van der Waals surface area contributed by atoms with Gasteiger partial charge in [-0.15, -0.1) is 0 Å². The molecule has 0 spiro atoms. The maximum absolute atomic E-state index is 13.0. The summed E-state index contributed by atoms with van der Waals surface area (Å²) in [5.41, 5.74) is 2.03. The topological polar surface area (TPSA) is 61.0 Å². The maximum atomic E-state index is 13.0. The van der Waals surface area contributed by atoms with E-state index in [4.69, 9.17) is 0 Å². The van der Waals surface area contributed by atoms with Gasteiger partial charge in [-0.25, -0.2) is 0 Å². The Balaban J connectivity index is 1.59. The first-order chi connectivity index (χ1) is 13.4. The highest BCUT2D eigenvalue weighted by Crippen LogP contribution is 2.33. The van der Waals surface area contributed by atoms with Crippen molar-refractivity contribution in [3.63, 3.8) is 0 Å². The van der Waals surface area contributed by atoms with Crippen molar-refractivity contribution < 1.29 is 18.0 Å². The van der Waals surface area contributed by atoms with Crippen LogP contribution in [0, 0.1) is 0 Å². The number of amides is 1. The standard InChI is InChI=1S/C20H17F3N4O/c21-20(22,23)16-10-17(26-25-16)24-19(28)18(13-6-2-1-3-7-13)27-11-14-8-4-5-9-15(14)12-27/h1-10,18H,11-12H2,(H2,24,25,26,28)/t18-/m1/s1. The summed E-state index contributed by atoms with van der Waals surface area (Å²) in [6.45, 7) is 1.16. The van der Waals surface area contributed by atoms with Gasteiger partial charge in [0.2, 0.25) is 5.91 Å². The van der Waals surface area contributed by atoms with E-state index < -0.39 is 23.8 Å². The number of nitrogens with zero attached hydrogens (tertiary/aromatic N) is 2. The molecule has 0 unspecified atom stereocenters. The Morgan fingerprint density at radius 2 is 1.64 bits per heavy atom. The van der Waals surface area contributed by atoms with Crippen LogP contribution in [0.15, 0.2) is 60.7 Å². The fourth-order valence-corrected chi connectivity index (χ4v) is 3.43. The molecular weight excluding hydrogens is 369 g/mol. The SMILES string of the molecule is O=C(Nc1cc(C(F)(F)F)[nH]n1)[C@@H](c1ccccc1)N1Cc2ccccc2C1. The number of rotatable bonds is 4. The Bertz CT molecular complexity index is 959. The van der Waals surface area contributed by atoms with Crippen LogP contribution in [0.1, 0.15) is 28.4 Å². The molecule has 0 saturated heterocycles. The van der Waals surface area contributed by atoms with Crippen molar-refractivity contribution in [1.82, 2.24) is 15.1 Å². The summed E-state index contributed by atoms with van der Waals surface area (Å²) in [6, 6.07) is 17.2. The van der Waals surface area contributed by atoms with Gasteiger partial charge in [0.25, 0.3) is 0 Å². The first-order valence-corrected chi connectivity index (χ1v) is 8.71. The van der Waals surface area contributed by atoms with Gasteiger partial charge < -0.3 is 5.32 Å². The monoisotopic (exact) mass is 386 g/mol. The molecule has 2 N–H and O–H groups in total. The van der Waals surface area contributed by atoms with Crippen LogP contribution in [-0.2, 0) is 24.1 Å². The normalized spacial score (nSPS) is 15.2. The Morgan fingerprint density at radius 1 is 1.04 bits per heavy atom. The average molecular weight is 386 g/mol.